The molecule has 0 aliphatic heterocycles. The summed E-state index contributed by atoms with van der Waals surface area (Å²) >= 11 is 18.0. The molecule has 0 radical (unpaired) electrons. The Morgan fingerprint density at radius 2 is 1.57 bits per heavy atom. The van der Waals surface area contributed by atoms with Gasteiger partial charge in [-0.05, 0) is 47.5 Å². The van der Waals surface area contributed by atoms with Crippen molar-refractivity contribution < 1.29 is 13.2 Å². The van der Waals surface area contributed by atoms with E-state index in [1.807, 2.05) is 30.3 Å². The van der Waals surface area contributed by atoms with Crippen molar-refractivity contribution in [2.75, 3.05) is 7.11 Å². The van der Waals surface area contributed by atoms with E-state index >= 15 is 0 Å². The van der Waals surface area contributed by atoms with Crippen LogP contribution in [-0.4, -0.2) is 15.5 Å². The highest BCUT2D eigenvalue weighted by atomic mass is 35.5. The summed E-state index contributed by atoms with van der Waals surface area (Å²) in [6.45, 7) is 0. The van der Waals surface area contributed by atoms with Crippen molar-refractivity contribution in [1.82, 2.24) is 0 Å². The average molecular weight is 482 g/mol. The fourth-order valence-corrected chi connectivity index (χ4v) is 4.90. The fourth-order valence-electron chi connectivity index (χ4n) is 2.95. The molecule has 0 amide bonds. The van der Waals surface area contributed by atoms with Crippen molar-refractivity contribution in [3.05, 3.63) is 103 Å². The molecule has 0 fully saturated rings. The third kappa shape index (κ3) is 5.79. The molecule has 0 spiro atoms. The molecule has 30 heavy (non-hydrogen) atoms. The van der Waals surface area contributed by atoms with Crippen LogP contribution in [0.1, 0.15) is 16.7 Å². The molecule has 0 aliphatic rings. The molecule has 156 valence electrons. The first-order valence-electron chi connectivity index (χ1n) is 9.03. The summed E-state index contributed by atoms with van der Waals surface area (Å²) in [6.07, 6.45) is 1.87. The lowest BCUT2D eigenvalue weighted by Gasteiger charge is -2.12. The smallest absolute Gasteiger partial charge is 0.179 e. The first-order chi connectivity index (χ1) is 14.3. The van der Waals surface area contributed by atoms with Crippen molar-refractivity contribution in [2.45, 2.75) is 12.2 Å². The molecule has 0 aromatic heterocycles. The zero-order valence-corrected chi connectivity index (χ0v) is 19.2. The Bertz CT molecular complexity index is 1170. The van der Waals surface area contributed by atoms with Gasteiger partial charge in [-0.2, -0.15) is 0 Å². The fraction of sp³-hybridized carbons (Fsp3) is 0.130. The number of halogens is 3. The predicted octanol–water partition coefficient (Wildman–Crippen LogP) is 6.85. The van der Waals surface area contributed by atoms with Crippen molar-refractivity contribution >= 4 is 50.7 Å². The largest absolute Gasteiger partial charge is 0.496 e. The molecule has 0 saturated carbocycles. The van der Waals surface area contributed by atoms with Gasteiger partial charge in [0.25, 0.3) is 0 Å². The number of hydrogen-bond acceptors (Lipinski definition) is 3. The number of sulfone groups is 1. The summed E-state index contributed by atoms with van der Waals surface area (Å²) in [7, 11) is -2.11. The highest BCUT2D eigenvalue weighted by Crippen LogP contribution is 2.28. The molecule has 3 aromatic rings. The Hall–Kier alpha value is -1.98. The normalized spacial score (nSPS) is 12.1. The maximum Gasteiger partial charge on any atom is 0.179 e. The molecule has 7 heteroatoms. The molecule has 0 atom stereocenters. The molecule has 0 unspecified atom stereocenters. The number of benzene rings is 3. The summed E-state index contributed by atoms with van der Waals surface area (Å²) in [5.41, 5.74) is 2.08. The summed E-state index contributed by atoms with van der Waals surface area (Å²) in [4.78, 5) is 0.264. The second kappa shape index (κ2) is 9.88. The number of ether oxygens (including phenoxy) is 1. The lowest BCUT2D eigenvalue weighted by molar-refractivity contribution is 0.414. The molecule has 0 N–H and O–H groups in total. The van der Waals surface area contributed by atoms with Gasteiger partial charge in [-0.25, -0.2) is 8.42 Å². The van der Waals surface area contributed by atoms with Gasteiger partial charge in [0, 0.05) is 21.9 Å². The van der Waals surface area contributed by atoms with Crippen LogP contribution >= 0.6 is 34.8 Å². The van der Waals surface area contributed by atoms with Crippen LogP contribution in [0, 0.1) is 0 Å². The van der Waals surface area contributed by atoms with E-state index in [9.17, 15) is 8.42 Å². The second-order valence-corrected chi connectivity index (χ2v) is 9.96. The van der Waals surface area contributed by atoms with Gasteiger partial charge in [-0.1, -0.05) is 71.2 Å². The first kappa shape index (κ1) is 22.7. The summed E-state index contributed by atoms with van der Waals surface area (Å²) in [5.74, 6) is 0.397. The minimum Gasteiger partial charge on any atom is -0.496 e. The molecular formula is C23H19Cl3O3S. The van der Waals surface area contributed by atoms with Gasteiger partial charge < -0.3 is 4.74 Å². The summed E-state index contributed by atoms with van der Waals surface area (Å²) in [6, 6.07) is 19.2. The van der Waals surface area contributed by atoms with Crippen LogP contribution < -0.4 is 4.74 Å². The predicted molar refractivity (Wildman–Crippen MR) is 125 cm³/mol. The van der Waals surface area contributed by atoms with Crippen LogP contribution in [0.5, 0.6) is 5.75 Å². The van der Waals surface area contributed by atoms with Crippen LogP contribution in [0.2, 0.25) is 15.1 Å². The van der Waals surface area contributed by atoms with Gasteiger partial charge in [-0.3, -0.25) is 0 Å². The highest BCUT2D eigenvalue weighted by Gasteiger charge is 2.20. The van der Waals surface area contributed by atoms with Crippen molar-refractivity contribution in [1.29, 1.82) is 0 Å². The molecule has 0 aliphatic carbocycles. The summed E-state index contributed by atoms with van der Waals surface area (Å²) < 4.78 is 32.1. The SMILES string of the molecule is COc1ccccc1/C=C(\Cc1ccc(Cl)cc1)S(=O)(=O)Cc1ccc(Cl)c(Cl)c1. The van der Waals surface area contributed by atoms with Crippen molar-refractivity contribution in [3.63, 3.8) is 0 Å². The zero-order chi connectivity index (χ0) is 21.7. The maximum atomic E-state index is 13.4. The Kier molecular flexibility index (Phi) is 7.48. The Morgan fingerprint density at radius 3 is 2.23 bits per heavy atom. The molecule has 3 rings (SSSR count). The summed E-state index contributed by atoms with van der Waals surface area (Å²) in [5, 5.41) is 1.29. The van der Waals surface area contributed by atoms with E-state index in [-0.39, 0.29) is 17.1 Å². The van der Waals surface area contributed by atoms with Crippen LogP contribution in [0.4, 0.5) is 0 Å². The van der Waals surface area contributed by atoms with Crippen LogP contribution in [0.15, 0.2) is 71.6 Å². The minimum atomic E-state index is -3.67. The molecule has 0 bridgehead atoms. The van der Waals surface area contributed by atoms with E-state index in [1.54, 1.807) is 49.6 Å². The van der Waals surface area contributed by atoms with Gasteiger partial charge >= 0.3 is 0 Å². The average Bonchev–Trinajstić information content (AvgIpc) is 2.72. The Labute approximate surface area is 191 Å². The van der Waals surface area contributed by atoms with Gasteiger partial charge in [0.1, 0.15) is 5.75 Å². The van der Waals surface area contributed by atoms with Crippen molar-refractivity contribution in [2.24, 2.45) is 0 Å². The molecular weight excluding hydrogens is 463 g/mol. The molecule has 0 saturated heterocycles. The second-order valence-electron chi connectivity index (χ2n) is 6.66. The lowest BCUT2D eigenvalue weighted by atomic mass is 10.1. The number of hydrogen-bond donors (Lipinski definition) is 0. The van der Waals surface area contributed by atoms with Crippen LogP contribution in [0.3, 0.4) is 0 Å². The third-order valence-electron chi connectivity index (χ3n) is 4.49. The van der Waals surface area contributed by atoms with Gasteiger partial charge in [0.15, 0.2) is 9.84 Å². The number of para-hydroxylation sites is 1. The standard InChI is InChI=1S/C23H19Cl3O3S/c1-29-23-5-3-2-4-18(23)14-20(12-16-6-9-19(24)10-7-16)30(27,28)15-17-8-11-21(25)22(26)13-17/h2-11,13-14H,12,15H2,1H3/b20-14+. The van der Waals surface area contributed by atoms with Gasteiger partial charge in [0.2, 0.25) is 0 Å². The van der Waals surface area contributed by atoms with Crippen LogP contribution in [-0.2, 0) is 22.0 Å². The zero-order valence-electron chi connectivity index (χ0n) is 16.1. The van der Waals surface area contributed by atoms with Crippen LogP contribution in [0.25, 0.3) is 6.08 Å². The van der Waals surface area contributed by atoms with E-state index in [2.05, 4.69) is 0 Å². The third-order valence-corrected chi connectivity index (χ3v) is 7.25. The topological polar surface area (TPSA) is 43.4 Å². The number of allylic oxidation sites excluding steroid dienone is 1. The number of methoxy groups -OCH3 is 1. The maximum absolute atomic E-state index is 13.4. The van der Waals surface area contributed by atoms with E-state index in [1.165, 1.54) is 0 Å². The quantitative estimate of drug-likeness (QED) is 0.370. The Morgan fingerprint density at radius 1 is 0.900 bits per heavy atom. The van der Waals surface area contributed by atoms with E-state index in [4.69, 9.17) is 39.5 Å². The van der Waals surface area contributed by atoms with Crippen molar-refractivity contribution in [3.8, 4) is 5.75 Å². The van der Waals surface area contributed by atoms with E-state index in [0.29, 0.717) is 31.9 Å². The molecule has 3 aromatic carbocycles. The Balaban J connectivity index is 2.03. The van der Waals surface area contributed by atoms with E-state index < -0.39 is 9.84 Å². The lowest BCUT2D eigenvalue weighted by Crippen LogP contribution is -2.10. The number of rotatable bonds is 7. The van der Waals surface area contributed by atoms with Gasteiger partial charge in [-0.15, -0.1) is 0 Å². The monoisotopic (exact) mass is 480 g/mol. The van der Waals surface area contributed by atoms with E-state index in [0.717, 1.165) is 5.56 Å². The molecule has 0 heterocycles. The molecule has 3 nitrogen and oxygen atoms in total. The first-order valence-corrected chi connectivity index (χ1v) is 11.8. The van der Waals surface area contributed by atoms with Gasteiger partial charge in [0.05, 0.1) is 22.9 Å². The minimum absolute atomic E-state index is 0.196. The highest BCUT2D eigenvalue weighted by molar-refractivity contribution is 7.94.